The molecule has 1 amide bonds. The lowest BCUT2D eigenvalue weighted by Gasteiger charge is -2.14. The number of carbonyl (C=O) groups is 1. The molecule has 0 fully saturated rings. The maximum Gasteiger partial charge on any atom is 0.416 e. The number of hydrogen-bond acceptors (Lipinski definition) is 4. The lowest BCUT2D eigenvalue weighted by atomic mass is 10.1. The van der Waals surface area contributed by atoms with Crippen LogP contribution in [0.1, 0.15) is 17.0 Å². The molecule has 1 N–H and O–H groups in total. The molecule has 0 atom stereocenters. The number of tetrazole rings is 1. The Morgan fingerprint density at radius 3 is 2.04 bits per heavy atom. The van der Waals surface area contributed by atoms with Gasteiger partial charge in [-0.25, -0.2) is 4.68 Å². The zero-order valence-electron chi connectivity index (χ0n) is 11.9. The minimum Gasteiger partial charge on any atom is -0.326 e. The van der Waals surface area contributed by atoms with E-state index in [-0.39, 0.29) is 11.9 Å². The summed E-state index contributed by atoms with van der Waals surface area (Å²) in [5.74, 6) is -0.768. The molecule has 6 nitrogen and oxygen atoms in total. The van der Waals surface area contributed by atoms with E-state index in [2.05, 4.69) is 15.5 Å². The fourth-order valence-electron chi connectivity index (χ4n) is 1.77. The van der Waals surface area contributed by atoms with E-state index in [1.807, 2.05) is 5.32 Å². The standard InChI is InChI=1S/C12H9F6N5O/c1-23-9(20-21-22-23)5-10(24)19-8-3-6(11(13,14)15)2-7(4-8)12(16,17)18/h2-4H,5H2,1H3,(H,19,24). The van der Waals surface area contributed by atoms with E-state index in [0.717, 1.165) is 4.68 Å². The Morgan fingerprint density at radius 2 is 1.62 bits per heavy atom. The topological polar surface area (TPSA) is 72.7 Å². The summed E-state index contributed by atoms with van der Waals surface area (Å²) in [6.45, 7) is 0. The first-order valence-corrected chi connectivity index (χ1v) is 6.27. The van der Waals surface area contributed by atoms with Gasteiger partial charge in [0.05, 0.1) is 17.5 Å². The lowest BCUT2D eigenvalue weighted by Crippen LogP contribution is -2.19. The van der Waals surface area contributed by atoms with Crippen LogP contribution in [0.25, 0.3) is 0 Å². The van der Waals surface area contributed by atoms with Gasteiger partial charge in [-0.2, -0.15) is 26.3 Å². The molecule has 12 heteroatoms. The van der Waals surface area contributed by atoms with Crippen LogP contribution in [0, 0.1) is 0 Å². The maximum absolute atomic E-state index is 12.7. The van der Waals surface area contributed by atoms with Crippen molar-refractivity contribution in [2.45, 2.75) is 18.8 Å². The highest BCUT2D eigenvalue weighted by atomic mass is 19.4. The molecule has 0 saturated carbocycles. The van der Waals surface area contributed by atoms with Crippen molar-refractivity contribution >= 4 is 11.6 Å². The highest BCUT2D eigenvalue weighted by molar-refractivity contribution is 5.92. The van der Waals surface area contributed by atoms with Gasteiger partial charge in [-0.05, 0) is 28.6 Å². The van der Waals surface area contributed by atoms with Crippen LogP contribution in [0.15, 0.2) is 18.2 Å². The van der Waals surface area contributed by atoms with Crippen molar-refractivity contribution in [1.29, 1.82) is 0 Å². The molecule has 130 valence electrons. The van der Waals surface area contributed by atoms with Crippen molar-refractivity contribution in [2.24, 2.45) is 7.05 Å². The Labute approximate surface area is 130 Å². The van der Waals surface area contributed by atoms with Crippen LogP contribution in [0.2, 0.25) is 0 Å². The molecule has 2 rings (SSSR count). The largest absolute Gasteiger partial charge is 0.416 e. The molecule has 0 radical (unpaired) electrons. The Kier molecular flexibility index (Phi) is 4.49. The van der Waals surface area contributed by atoms with Crippen molar-refractivity contribution < 1.29 is 31.1 Å². The van der Waals surface area contributed by atoms with Crippen LogP contribution in [-0.4, -0.2) is 26.1 Å². The van der Waals surface area contributed by atoms with Crippen molar-refractivity contribution in [2.75, 3.05) is 5.32 Å². The second-order valence-corrected chi connectivity index (χ2v) is 4.74. The van der Waals surface area contributed by atoms with Gasteiger partial charge in [0.15, 0.2) is 5.82 Å². The van der Waals surface area contributed by atoms with Crippen LogP contribution < -0.4 is 5.32 Å². The maximum atomic E-state index is 12.7. The quantitative estimate of drug-likeness (QED) is 0.861. The Bertz CT molecular complexity index is 719. The SMILES string of the molecule is Cn1nnnc1CC(=O)Nc1cc(C(F)(F)F)cc(C(F)(F)F)c1. The molecule has 0 unspecified atom stereocenters. The van der Waals surface area contributed by atoms with E-state index in [1.165, 1.54) is 7.05 Å². The number of alkyl halides is 6. The predicted octanol–water partition coefficient (Wildman–Crippen LogP) is 2.43. The molecule has 0 aliphatic rings. The summed E-state index contributed by atoms with van der Waals surface area (Å²) in [5, 5.41) is 12.2. The number of halogens is 6. The van der Waals surface area contributed by atoms with Gasteiger partial charge in [-0.15, -0.1) is 5.10 Å². The Balaban J connectivity index is 2.29. The number of aryl methyl sites for hydroxylation is 1. The van der Waals surface area contributed by atoms with Crippen molar-refractivity contribution in [3.05, 3.63) is 35.2 Å². The Hall–Kier alpha value is -2.66. The zero-order chi connectivity index (χ0) is 18.1. The first kappa shape index (κ1) is 17.7. The number of carbonyl (C=O) groups excluding carboxylic acids is 1. The van der Waals surface area contributed by atoms with Crippen LogP contribution in [0.3, 0.4) is 0 Å². The average Bonchev–Trinajstić information content (AvgIpc) is 2.81. The molecule has 0 bridgehead atoms. The van der Waals surface area contributed by atoms with Crippen molar-refractivity contribution in [3.63, 3.8) is 0 Å². The number of nitrogens with one attached hydrogen (secondary N) is 1. The molecule has 0 spiro atoms. The number of hydrogen-bond donors (Lipinski definition) is 1. The van der Waals surface area contributed by atoms with Gasteiger partial charge in [0.1, 0.15) is 0 Å². The van der Waals surface area contributed by atoms with Crippen LogP contribution in [0.5, 0.6) is 0 Å². The van der Waals surface area contributed by atoms with Gasteiger partial charge >= 0.3 is 12.4 Å². The number of amides is 1. The molecule has 0 aliphatic carbocycles. The van der Waals surface area contributed by atoms with Crippen LogP contribution in [0.4, 0.5) is 32.0 Å². The minimum absolute atomic E-state index is 0.0255. The number of aromatic nitrogens is 4. The summed E-state index contributed by atoms with van der Waals surface area (Å²) >= 11 is 0. The van der Waals surface area contributed by atoms with Gasteiger partial charge in [0.25, 0.3) is 0 Å². The van der Waals surface area contributed by atoms with E-state index in [1.54, 1.807) is 0 Å². The molecule has 1 aromatic heterocycles. The fraction of sp³-hybridized carbons (Fsp3) is 0.333. The number of benzene rings is 1. The summed E-state index contributed by atoms with van der Waals surface area (Å²) in [6.07, 6.45) is -10.4. The fourth-order valence-corrected chi connectivity index (χ4v) is 1.77. The lowest BCUT2D eigenvalue weighted by molar-refractivity contribution is -0.143. The van der Waals surface area contributed by atoms with Gasteiger partial charge in [-0.1, -0.05) is 0 Å². The summed E-state index contributed by atoms with van der Waals surface area (Å²) in [7, 11) is 1.43. The molecular weight excluding hydrogens is 344 g/mol. The third-order valence-corrected chi connectivity index (χ3v) is 2.90. The van der Waals surface area contributed by atoms with E-state index in [0.29, 0.717) is 12.1 Å². The monoisotopic (exact) mass is 353 g/mol. The molecule has 0 saturated heterocycles. The van der Waals surface area contributed by atoms with Crippen LogP contribution in [-0.2, 0) is 30.6 Å². The van der Waals surface area contributed by atoms with E-state index in [9.17, 15) is 31.1 Å². The molecule has 1 heterocycles. The predicted molar refractivity (Wildman–Crippen MR) is 67.6 cm³/mol. The smallest absolute Gasteiger partial charge is 0.326 e. The highest BCUT2D eigenvalue weighted by Crippen LogP contribution is 2.37. The molecule has 0 aliphatic heterocycles. The normalized spacial score (nSPS) is 12.3. The first-order chi connectivity index (χ1) is 11.0. The second kappa shape index (κ2) is 6.09. The molecule has 1 aromatic carbocycles. The van der Waals surface area contributed by atoms with Gasteiger partial charge in [-0.3, -0.25) is 4.79 Å². The van der Waals surface area contributed by atoms with Crippen LogP contribution >= 0.6 is 0 Å². The zero-order valence-corrected chi connectivity index (χ0v) is 11.9. The number of rotatable bonds is 3. The van der Waals surface area contributed by atoms with Crippen molar-refractivity contribution in [1.82, 2.24) is 20.2 Å². The summed E-state index contributed by atoms with van der Waals surface area (Å²) in [4.78, 5) is 11.8. The number of nitrogens with zero attached hydrogens (tertiary/aromatic N) is 4. The number of anilines is 1. The third-order valence-electron chi connectivity index (χ3n) is 2.90. The minimum atomic E-state index is -4.99. The van der Waals surface area contributed by atoms with Gasteiger partial charge in [0.2, 0.25) is 5.91 Å². The van der Waals surface area contributed by atoms with Gasteiger partial charge < -0.3 is 5.32 Å². The highest BCUT2D eigenvalue weighted by Gasteiger charge is 2.37. The van der Waals surface area contributed by atoms with E-state index >= 15 is 0 Å². The Morgan fingerprint density at radius 1 is 1.08 bits per heavy atom. The van der Waals surface area contributed by atoms with E-state index < -0.39 is 41.5 Å². The second-order valence-electron chi connectivity index (χ2n) is 4.74. The van der Waals surface area contributed by atoms with Gasteiger partial charge in [0, 0.05) is 12.7 Å². The first-order valence-electron chi connectivity index (χ1n) is 6.27. The molecule has 24 heavy (non-hydrogen) atoms. The summed E-state index contributed by atoms with van der Waals surface area (Å²) in [6, 6.07) is 0.812. The molecule has 2 aromatic rings. The average molecular weight is 353 g/mol. The summed E-state index contributed by atoms with van der Waals surface area (Å²) in [5.41, 5.74) is -3.67. The molecular formula is C12H9F6N5O. The summed E-state index contributed by atoms with van der Waals surface area (Å²) < 4.78 is 77.5. The van der Waals surface area contributed by atoms with Crippen molar-refractivity contribution in [3.8, 4) is 0 Å². The van der Waals surface area contributed by atoms with E-state index in [4.69, 9.17) is 0 Å². The third kappa shape index (κ3) is 4.20.